The minimum absolute atomic E-state index is 0.00367. The molecule has 1 saturated heterocycles. The molecule has 1 aliphatic rings. The summed E-state index contributed by atoms with van der Waals surface area (Å²) in [4.78, 5) is 11.2. The molecule has 1 unspecified atom stereocenters. The number of halogens is 3. The second kappa shape index (κ2) is 4.47. The fourth-order valence-corrected chi connectivity index (χ4v) is 2.05. The highest BCUT2D eigenvalue weighted by Gasteiger charge is 2.26. The number of Topliss-reactive ketones (excluding diaryl/α,β-unsaturated/α-hetero) is 1. The zero-order valence-corrected chi connectivity index (χ0v) is 9.06. The van der Waals surface area contributed by atoms with Gasteiger partial charge in [-0.1, -0.05) is 11.6 Å². The average Bonchev–Trinajstić information content (AvgIpc) is 2.15. The Bertz CT molecular complexity index is 411. The number of hydrogen-bond donors (Lipinski definition) is 0. The fraction of sp³-hybridized carbons (Fsp3) is 0.364. The Kier molecular flexibility index (Phi) is 3.21. The van der Waals surface area contributed by atoms with Gasteiger partial charge in [0.2, 0.25) is 0 Å². The molecule has 1 heterocycles. The van der Waals surface area contributed by atoms with Gasteiger partial charge in [-0.25, -0.2) is 8.78 Å². The molecule has 1 aliphatic heterocycles. The van der Waals surface area contributed by atoms with Gasteiger partial charge in [-0.2, -0.15) is 0 Å². The van der Waals surface area contributed by atoms with Gasteiger partial charge in [0.25, 0.3) is 0 Å². The van der Waals surface area contributed by atoms with Gasteiger partial charge in [-0.05, 0) is 6.07 Å². The maximum Gasteiger partial charge on any atom is 0.138 e. The van der Waals surface area contributed by atoms with E-state index in [1.54, 1.807) is 0 Å². The minimum Gasteiger partial charge on any atom is -0.372 e. The summed E-state index contributed by atoms with van der Waals surface area (Å²) in [5.41, 5.74) is 0.0658. The lowest BCUT2D eigenvalue weighted by Gasteiger charge is -2.23. The third kappa shape index (κ3) is 2.23. The number of benzene rings is 1. The first kappa shape index (κ1) is 11.5. The molecule has 1 aromatic rings. The highest BCUT2D eigenvalue weighted by molar-refractivity contribution is 6.31. The van der Waals surface area contributed by atoms with E-state index in [2.05, 4.69) is 0 Å². The van der Waals surface area contributed by atoms with E-state index in [1.807, 2.05) is 0 Å². The number of rotatable bonds is 1. The first-order valence-corrected chi connectivity index (χ1v) is 5.23. The van der Waals surface area contributed by atoms with Crippen LogP contribution >= 0.6 is 11.6 Å². The Labute approximate surface area is 96.2 Å². The van der Waals surface area contributed by atoms with Gasteiger partial charge in [0.05, 0.1) is 17.7 Å². The van der Waals surface area contributed by atoms with E-state index in [1.165, 1.54) is 0 Å². The Morgan fingerprint density at radius 1 is 1.38 bits per heavy atom. The summed E-state index contributed by atoms with van der Waals surface area (Å²) >= 11 is 5.74. The lowest BCUT2D eigenvalue weighted by Crippen LogP contribution is -2.20. The third-order valence-electron chi connectivity index (χ3n) is 2.48. The molecule has 5 heteroatoms. The van der Waals surface area contributed by atoms with Gasteiger partial charge in [0.15, 0.2) is 0 Å². The standard InChI is InChI=1S/C11H9ClF2O2/c12-8-3-6(13)4-9(14)11(8)10-5-7(15)1-2-16-10/h3-4,10H,1-2,5H2. The van der Waals surface area contributed by atoms with Crippen molar-refractivity contribution in [2.75, 3.05) is 6.61 Å². The van der Waals surface area contributed by atoms with Crippen LogP contribution in [-0.2, 0) is 9.53 Å². The zero-order valence-electron chi connectivity index (χ0n) is 8.30. The normalized spacial score (nSPS) is 21.2. The summed E-state index contributed by atoms with van der Waals surface area (Å²) in [7, 11) is 0. The lowest BCUT2D eigenvalue weighted by atomic mass is 10.00. The number of ether oxygens (including phenoxy) is 1. The molecule has 0 bridgehead atoms. The number of carbonyl (C=O) groups excluding carboxylic acids is 1. The van der Waals surface area contributed by atoms with Crippen LogP contribution in [-0.4, -0.2) is 12.4 Å². The molecule has 1 fully saturated rings. The topological polar surface area (TPSA) is 26.3 Å². The van der Waals surface area contributed by atoms with E-state index in [0.29, 0.717) is 6.42 Å². The molecule has 0 N–H and O–H groups in total. The maximum absolute atomic E-state index is 13.5. The van der Waals surface area contributed by atoms with Crippen molar-refractivity contribution in [3.63, 3.8) is 0 Å². The van der Waals surface area contributed by atoms with Crippen LogP contribution in [0, 0.1) is 11.6 Å². The largest absolute Gasteiger partial charge is 0.372 e. The second-order valence-electron chi connectivity index (χ2n) is 3.64. The Morgan fingerprint density at radius 2 is 2.12 bits per heavy atom. The smallest absolute Gasteiger partial charge is 0.138 e. The molecular formula is C11H9ClF2O2. The summed E-state index contributed by atoms with van der Waals surface area (Å²) in [5.74, 6) is -1.52. The number of carbonyl (C=O) groups is 1. The molecule has 0 aliphatic carbocycles. The Morgan fingerprint density at radius 3 is 2.75 bits per heavy atom. The van der Waals surface area contributed by atoms with Crippen molar-refractivity contribution in [3.05, 3.63) is 34.4 Å². The van der Waals surface area contributed by atoms with Crippen LogP contribution in [0.4, 0.5) is 8.78 Å². The molecule has 0 radical (unpaired) electrons. The van der Waals surface area contributed by atoms with E-state index < -0.39 is 17.7 Å². The van der Waals surface area contributed by atoms with Crippen molar-refractivity contribution in [1.82, 2.24) is 0 Å². The second-order valence-corrected chi connectivity index (χ2v) is 4.04. The molecule has 1 aromatic carbocycles. The van der Waals surface area contributed by atoms with Crippen LogP contribution in [0.5, 0.6) is 0 Å². The van der Waals surface area contributed by atoms with Crippen LogP contribution in [0.25, 0.3) is 0 Å². The first-order valence-electron chi connectivity index (χ1n) is 4.85. The van der Waals surface area contributed by atoms with Crippen molar-refractivity contribution >= 4 is 17.4 Å². The van der Waals surface area contributed by atoms with Crippen LogP contribution in [0.15, 0.2) is 12.1 Å². The molecule has 0 saturated carbocycles. The van der Waals surface area contributed by atoms with Crippen molar-refractivity contribution in [2.45, 2.75) is 18.9 Å². The molecule has 16 heavy (non-hydrogen) atoms. The van der Waals surface area contributed by atoms with Gasteiger partial charge in [0, 0.05) is 24.5 Å². The predicted molar refractivity (Wildman–Crippen MR) is 54.3 cm³/mol. The summed E-state index contributed by atoms with van der Waals surface area (Å²) in [6.07, 6.45) is -0.284. The van der Waals surface area contributed by atoms with E-state index in [0.717, 1.165) is 12.1 Å². The summed E-state index contributed by atoms with van der Waals surface area (Å²) in [6.45, 7) is 0.247. The van der Waals surface area contributed by atoms with Crippen LogP contribution in [0.3, 0.4) is 0 Å². The lowest BCUT2D eigenvalue weighted by molar-refractivity contribution is -0.128. The first-order chi connectivity index (χ1) is 7.58. The molecule has 0 aromatic heterocycles. The van der Waals surface area contributed by atoms with Gasteiger partial charge < -0.3 is 4.74 Å². The molecule has 1 atom stereocenters. The average molecular weight is 247 g/mol. The van der Waals surface area contributed by atoms with E-state index in [-0.39, 0.29) is 29.4 Å². The van der Waals surface area contributed by atoms with Crippen LogP contribution in [0.1, 0.15) is 24.5 Å². The van der Waals surface area contributed by atoms with Crippen molar-refractivity contribution in [2.24, 2.45) is 0 Å². The van der Waals surface area contributed by atoms with Crippen molar-refractivity contribution in [3.8, 4) is 0 Å². The molecule has 86 valence electrons. The van der Waals surface area contributed by atoms with E-state index in [4.69, 9.17) is 16.3 Å². The van der Waals surface area contributed by atoms with Crippen LogP contribution in [0.2, 0.25) is 5.02 Å². The highest BCUT2D eigenvalue weighted by atomic mass is 35.5. The van der Waals surface area contributed by atoms with E-state index >= 15 is 0 Å². The molecule has 0 spiro atoms. The number of ketones is 1. The summed E-state index contributed by atoms with van der Waals surface area (Å²) in [6, 6.07) is 1.76. The third-order valence-corrected chi connectivity index (χ3v) is 2.79. The molecular weight excluding hydrogens is 238 g/mol. The molecule has 2 rings (SSSR count). The van der Waals surface area contributed by atoms with Crippen molar-refractivity contribution < 1.29 is 18.3 Å². The van der Waals surface area contributed by atoms with Crippen LogP contribution < -0.4 is 0 Å². The molecule has 0 amide bonds. The fourth-order valence-electron chi connectivity index (χ4n) is 1.73. The Balaban J connectivity index is 2.35. The zero-order chi connectivity index (χ0) is 11.7. The van der Waals surface area contributed by atoms with Gasteiger partial charge in [0.1, 0.15) is 17.4 Å². The summed E-state index contributed by atoms with van der Waals surface area (Å²) < 4.78 is 31.6. The minimum atomic E-state index is -0.773. The number of hydrogen-bond acceptors (Lipinski definition) is 2. The van der Waals surface area contributed by atoms with E-state index in [9.17, 15) is 13.6 Å². The van der Waals surface area contributed by atoms with Gasteiger partial charge in [-0.3, -0.25) is 4.79 Å². The quantitative estimate of drug-likeness (QED) is 0.761. The maximum atomic E-state index is 13.5. The molecule has 2 nitrogen and oxygen atoms in total. The van der Waals surface area contributed by atoms with Crippen molar-refractivity contribution in [1.29, 1.82) is 0 Å². The Hall–Kier alpha value is -1.00. The predicted octanol–water partition coefficient (Wildman–Crippen LogP) is 3.04. The summed E-state index contributed by atoms with van der Waals surface area (Å²) in [5, 5.41) is -0.0443. The highest BCUT2D eigenvalue weighted by Crippen LogP contribution is 2.33. The van der Waals surface area contributed by atoms with Gasteiger partial charge >= 0.3 is 0 Å². The van der Waals surface area contributed by atoms with Gasteiger partial charge in [-0.15, -0.1) is 0 Å². The SMILES string of the molecule is O=C1CCOC(c2c(F)cc(F)cc2Cl)C1. The monoisotopic (exact) mass is 246 g/mol.